The summed E-state index contributed by atoms with van der Waals surface area (Å²) in [6.07, 6.45) is 0.559. The fourth-order valence-electron chi connectivity index (χ4n) is 2.10. The van der Waals surface area contributed by atoms with Crippen molar-refractivity contribution in [3.05, 3.63) is 29.8 Å². The molecule has 0 aliphatic carbocycles. The van der Waals surface area contributed by atoms with E-state index in [-0.39, 0.29) is 19.1 Å². The van der Waals surface area contributed by atoms with Crippen LogP contribution in [-0.2, 0) is 25.5 Å². The average Bonchev–Trinajstić information content (AvgIpc) is 2.42. The molecule has 5 nitrogen and oxygen atoms in total. The molecule has 2 rings (SSSR count). The molecule has 0 bridgehead atoms. The van der Waals surface area contributed by atoms with Crippen LogP contribution >= 0.6 is 0 Å². The van der Waals surface area contributed by atoms with E-state index < -0.39 is 17.5 Å². The van der Waals surface area contributed by atoms with Crippen LogP contribution in [-0.4, -0.2) is 30.8 Å². The molecule has 114 valence electrons. The lowest BCUT2D eigenvalue weighted by Crippen LogP contribution is -2.32. The first-order valence-electron chi connectivity index (χ1n) is 6.94. The Morgan fingerprint density at radius 2 is 2.00 bits per heavy atom. The van der Waals surface area contributed by atoms with Crippen molar-refractivity contribution in [2.45, 2.75) is 32.8 Å². The van der Waals surface area contributed by atoms with Gasteiger partial charge in [0.15, 0.2) is 6.61 Å². The molecule has 1 aromatic rings. The van der Waals surface area contributed by atoms with Crippen LogP contribution in [0.2, 0.25) is 0 Å². The van der Waals surface area contributed by atoms with Crippen LogP contribution < -0.4 is 4.74 Å². The smallest absolute Gasteiger partial charge is 0.344 e. The van der Waals surface area contributed by atoms with Gasteiger partial charge in [-0.05, 0) is 38.8 Å². The fraction of sp³-hybridized carbons (Fsp3) is 0.500. The summed E-state index contributed by atoms with van der Waals surface area (Å²) in [5.74, 6) is -0.570. The summed E-state index contributed by atoms with van der Waals surface area (Å²) in [7, 11) is 0. The second kappa shape index (κ2) is 6.16. The van der Waals surface area contributed by atoms with Gasteiger partial charge in [-0.25, -0.2) is 4.79 Å². The Labute approximate surface area is 124 Å². The molecule has 0 saturated carbocycles. The monoisotopic (exact) mass is 292 g/mol. The number of ether oxygens (including phenoxy) is 3. The Balaban J connectivity index is 1.84. The molecule has 0 radical (unpaired) electrons. The summed E-state index contributed by atoms with van der Waals surface area (Å²) >= 11 is 0. The maximum absolute atomic E-state index is 12.0. The summed E-state index contributed by atoms with van der Waals surface area (Å²) < 4.78 is 15.6. The Kier molecular flexibility index (Phi) is 4.50. The molecule has 1 aliphatic heterocycles. The van der Waals surface area contributed by atoms with Gasteiger partial charge >= 0.3 is 11.9 Å². The number of hydrogen-bond donors (Lipinski definition) is 0. The zero-order valence-corrected chi connectivity index (χ0v) is 12.5. The molecule has 0 N–H and O–H groups in total. The highest BCUT2D eigenvalue weighted by molar-refractivity contribution is 5.78. The van der Waals surface area contributed by atoms with E-state index in [9.17, 15) is 9.59 Å². The standard InChI is InChI=1S/C16H20O5/c1-16(2,3)21-14(17)10-20-15(18)12-8-11-6-4-5-7-13(11)19-9-12/h4-7,12H,8-10H2,1-3H3. The van der Waals surface area contributed by atoms with Gasteiger partial charge in [-0.15, -0.1) is 0 Å². The lowest BCUT2D eigenvalue weighted by Gasteiger charge is -2.24. The number of carbonyl (C=O) groups excluding carboxylic acids is 2. The Bertz CT molecular complexity index is 530. The topological polar surface area (TPSA) is 61.8 Å². The number of benzene rings is 1. The Morgan fingerprint density at radius 3 is 2.71 bits per heavy atom. The summed E-state index contributed by atoms with van der Waals surface area (Å²) in [6, 6.07) is 7.58. The lowest BCUT2D eigenvalue weighted by atomic mass is 9.97. The van der Waals surface area contributed by atoms with Gasteiger partial charge in [0.05, 0.1) is 5.92 Å². The van der Waals surface area contributed by atoms with Gasteiger partial charge in [0.2, 0.25) is 0 Å². The van der Waals surface area contributed by atoms with Gasteiger partial charge in [-0.2, -0.15) is 0 Å². The molecule has 1 aliphatic rings. The van der Waals surface area contributed by atoms with Crippen LogP contribution in [0.1, 0.15) is 26.3 Å². The summed E-state index contributed by atoms with van der Waals surface area (Å²) in [5, 5.41) is 0. The third-order valence-electron chi connectivity index (χ3n) is 2.96. The van der Waals surface area contributed by atoms with Gasteiger partial charge in [0.1, 0.15) is 18.0 Å². The molecule has 1 heterocycles. The minimum absolute atomic E-state index is 0.268. The zero-order valence-electron chi connectivity index (χ0n) is 12.5. The minimum atomic E-state index is -0.587. The molecule has 5 heteroatoms. The highest BCUT2D eigenvalue weighted by Crippen LogP contribution is 2.27. The first-order chi connectivity index (χ1) is 9.85. The zero-order chi connectivity index (χ0) is 15.5. The molecular weight excluding hydrogens is 272 g/mol. The molecule has 0 aromatic heterocycles. The Morgan fingerprint density at radius 1 is 1.29 bits per heavy atom. The highest BCUT2D eigenvalue weighted by Gasteiger charge is 2.28. The van der Waals surface area contributed by atoms with Crippen molar-refractivity contribution in [3.63, 3.8) is 0 Å². The van der Waals surface area contributed by atoms with Crippen molar-refractivity contribution in [1.29, 1.82) is 0 Å². The lowest BCUT2D eigenvalue weighted by molar-refractivity contribution is -0.168. The van der Waals surface area contributed by atoms with E-state index in [1.807, 2.05) is 24.3 Å². The number of fused-ring (bicyclic) bond motifs is 1. The third kappa shape index (κ3) is 4.48. The molecule has 21 heavy (non-hydrogen) atoms. The van der Waals surface area contributed by atoms with Gasteiger partial charge in [-0.3, -0.25) is 4.79 Å². The summed E-state index contributed by atoms with van der Waals surface area (Å²) in [5.41, 5.74) is 0.388. The van der Waals surface area contributed by atoms with E-state index in [1.165, 1.54) is 0 Å². The van der Waals surface area contributed by atoms with Crippen LogP contribution in [0.15, 0.2) is 24.3 Å². The number of hydrogen-bond acceptors (Lipinski definition) is 5. The number of carbonyl (C=O) groups is 2. The molecule has 1 atom stereocenters. The quantitative estimate of drug-likeness (QED) is 0.799. The van der Waals surface area contributed by atoms with Gasteiger partial charge in [0, 0.05) is 0 Å². The fourth-order valence-corrected chi connectivity index (χ4v) is 2.10. The normalized spacial score (nSPS) is 17.4. The van der Waals surface area contributed by atoms with E-state index in [0.717, 1.165) is 11.3 Å². The van der Waals surface area contributed by atoms with Crippen molar-refractivity contribution in [2.75, 3.05) is 13.2 Å². The average molecular weight is 292 g/mol. The molecule has 0 saturated heterocycles. The first-order valence-corrected chi connectivity index (χ1v) is 6.94. The predicted molar refractivity (Wildman–Crippen MR) is 75.9 cm³/mol. The van der Waals surface area contributed by atoms with Gasteiger partial charge in [-0.1, -0.05) is 18.2 Å². The number of esters is 2. The molecular formula is C16H20O5. The maximum Gasteiger partial charge on any atom is 0.344 e. The van der Waals surface area contributed by atoms with E-state index in [4.69, 9.17) is 14.2 Å². The summed E-state index contributed by atoms with van der Waals surface area (Å²) in [4.78, 5) is 23.5. The second-order valence-electron chi connectivity index (χ2n) is 6.01. The highest BCUT2D eigenvalue weighted by atomic mass is 16.6. The molecule has 1 aromatic carbocycles. The summed E-state index contributed by atoms with van der Waals surface area (Å²) in [6.45, 7) is 5.19. The predicted octanol–water partition coefficient (Wildman–Crippen LogP) is 2.12. The van der Waals surface area contributed by atoms with Crippen molar-refractivity contribution in [1.82, 2.24) is 0 Å². The maximum atomic E-state index is 12.0. The van der Waals surface area contributed by atoms with E-state index in [0.29, 0.717) is 6.42 Å². The Hall–Kier alpha value is -2.04. The van der Waals surface area contributed by atoms with Crippen molar-refractivity contribution < 1.29 is 23.8 Å². The minimum Gasteiger partial charge on any atom is -0.492 e. The molecule has 1 unspecified atom stereocenters. The second-order valence-corrected chi connectivity index (χ2v) is 6.01. The number of para-hydroxylation sites is 1. The van der Waals surface area contributed by atoms with Crippen LogP contribution in [0, 0.1) is 5.92 Å². The SMILES string of the molecule is CC(C)(C)OC(=O)COC(=O)C1COc2ccccc2C1. The third-order valence-corrected chi connectivity index (χ3v) is 2.96. The van der Waals surface area contributed by atoms with Gasteiger partial charge < -0.3 is 14.2 Å². The molecule has 0 fully saturated rings. The van der Waals surface area contributed by atoms with E-state index in [2.05, 4.69) is 0 Å². The molecule has 0 spiro atoms. The van der Waals surface area contributed by atoms with Crippen LogP contribution in [0.25, 0.3) is 0 Å². The largest absolute Gasteiger partial charge is 0.492 e. The molecule has 0 amide bonds. The number of rotatable bonds is 3. The van der Waals surface area contributed by atoms with E-state index in [1.54, 1.807) is 20.8 Å². The van der Waals surface area contributed by atoms with Crippen LogP contribution in [0.4, 0.5) is 0 Å². The van der Waals surface area contributed by atoms with Crippen molar-refractivity contribution in [3.8, 4) is 5.75 Å². The van der Waals surface area contributed by atoms with Crippen molar-refractivity contribution in [2.24, 2.45) is 5.92 Å². The van der Waals surface area contributed by atoms with Crippen LogP contribution in [0.3, 0.4) is 0 Å². The van der Waals surface area contributed by atoms with Gasteiger partial charge in [0.25, 0.3) is 0 Å². The van der Waals surface area contributed by atoms with E-state index >= 15 is 0 Å². The van der Waals surface area contributed by atoms with Crippen molar-refractivity contribution >= 4 is 11.9 Å². The first kappa shape index (κ1) is 15.4. The van der Waals surface area contributed by atoms with Crippen LogP contribution in [0.5, 0.6) is 5.75 Å².